The van der Waals surface area contributed by atoms with Gasteiger partial charge in [0.1, 0.15) is 0 Å². The van der Waals surface area contributed by atoms with Crippen LogP contribution < -0.4 is 5.32 Å². The van der Waals surface area contributed by atoms with Crippen LogP contribution in [0.1, 0.15) is 64.8 Å². The molecule has 0 bridgehead atoms. The van der Waals surface area contributed by atoms with Gasteiger partial charge in [0.15, 0.2) is 0 Å². The average molecular weight is 513 g/mol. The largest absolute Gasteiger partial charge is 0.389 e. The molecular weight excluding hydrogens is 481 g/mol. The molecule has 1 aliphatic heterocycles. The molecule has 0 radical (unpaired) electrons. The van der Waals surface area contributed by atoms with E-state index < -0.39 is 12.6 Å². The molecule has 0 unspecified atom stereocenters. The molecule has 1 fully saturated rings. The van der Waals surface area contributed by atoms with Crippen LogP contribution in [0.5, 0.6) is 0 Å². The highest BCUT2D eigenvalue weighted by Crippen LogP contribution is 2.31. The van der Waals surface area contributed by atoms with Gasteiger partial charge in [-0.15, -0.1) is 22.7 Å². The zero-order valence-electron chi connectivity index (χ0n) is 19.4. The van der Waals surface area contributed by atoms with E-state index in [9.17, 15) is 18.0 Å². The summed E-state index contributed by atoms with van der Waals surface area (Å²) < 4.78 is 37.5. The second kappa shape index (κ2) is 11.3. The third-order valence-corrected chi connectivity index (χ3v) is 8.57. The van der Waals surface area contributed by atoms with Crippen LogP contribution in [-0.4, -0.2) is 46.1 Å². The molecule has 0 aromatic carbocycles. The first kappa shape index (κ1) is 25.3. The second-order valence-corrected chi connectivity index (χ2v) is 11.5. The van der Waals surface area contributed by atoms with Crippen molar-refractivity contribution in [1.29, 1.82) is 0 Å². The number of carbonyl (C=O) groups excluding carboxylic acids is 1. The van der Waals surface area contributed by atoms with Gasteiger partial charge in [-0.2, -0.15) is 13.2 Å². The summed E-state index contributed by atoms with van der Waals surface area (Å²) in [4.78, 5) is 24.6. The zero-order chi connectivity index (χ0) is 24.1. The number of hydrogen-bond acceptors (Lipinski definition) is 6. The maximum absolute atomic E-state index is 12.5. The van der Waals surface area contributed by atoms with Gasteiger partial charge < -0.3 is 5.32 Å². The molecule has 3 heterocycles. The lowest BCUT2D eigenvalue weighted by molar-refractivity contribution is -0.134. The van der Waals surface area contributed by atoms with Crippen molar-refractivity contribution in [2.45, 2.75) is 77.1 Å². The maximum atomic E-state index is 12.5. The Bertz CT molecular complexity index is 993. The molecule has 186 valence electrons. The predicted octanol–water partition coefficient (Wildman–Crippen LogP) is 5.54. The standard InChI is InChI=1S/C24H31F3N4OS2/c1-16-28-19(15-33-16)6-7-22(32)29-18-4-2-17(3-5-18)9-12-31-13-10-21-20(14-31)30-23(34-21)8-11-24(25,26)27/h6-7,15,17-18H,2-5,8-14H2,1H3,(H,29,32)/b7-6+. The first-order chi connectivity index (χ1) is 16.2. The average Bonchev–Trinajstić information content (AvgIpc) is 3.40. The van der Waals surface area contributed by atoms with Crippen LogP contribution in [0.2, 0.25) is 0 Å². The second-order valence-electron chi connectivity index (χ2n) is 9.26. The van der Waals surface area contributed by atoms with Gasteiger partial charge >= 0.3 is 6.18 Å². The molecule has 2 aliphatic rings. The van der Waals surface area contributed by atoms with Crippen molar-refractivity contribution in [3.05, 3.63) is 37.7 Å². The smallest absolute Gasteiger partial charge is 0.350 e. The molecule has 5 nitrogen and oxygen atoms in total. The van der Waals surface area contributed by atoms with Gasteiger partial charge in [0.25, 0.3) is 0 Å². The Kier molecular flexibility index (Phi) is 8.42. The number of fused-ring (bicyclic) bond motifs is 1. The van der Waals surface area contributed by atoms with E-state index >= 15 is 0 Å². The Morgan fingerprint density at radius 2 is 2.06 bits per heavy atom. The molecule has 2 aromatic rings. The molecule has 1 N–H and O–H groups in total. The van der Waals surface area contributed by atoms with Crippen molar-refractivity contribution in [3.63, 3.8) is 0 Å². The molecule has 0 atom stereocenters. The third-order valence-electron chi connectivity index (χ3n) is 6.56. The minimum absolute atomic E-state index is 0.0126. The number of amides is 1. The van der Waals surface area contributed by atoms with E-state index in [1.165, 1.54) is 11.3 Å². The number of aromatic nitrogens is 2. The Labute approximate surface area is 206 Å². The van der Waals surface area contributed by atoms with E-state index in [4.69, 9.17) is 0 Å². The summed E-state index contributed by atoms with van der Waals surface area (Å²) in [6.07, 6.45) is 4.60. The lowest BCUT2D eigenvalue weighted by atomic mass is 9.84. The van der Waals surface area contributed by atoms with Gasteiger partial charge in [-0.05, 0) is 64.0 Å². The van der Waals surface area contributed by atoms with E-state index in [0.717, 1.165) is 79.4 Å². The number of nitrogens with one attached hydrogen (secondary N) is 1. The molecule has 2 aromatic heterocycles. The van der Waals surface area contributed by atoms with Crippen molar-refractivity contribution in [1.82, 2.24) is 20.2 Å². The van der Waals surface area contributed by atoms with Gasteiger partial charge in [-0.1, -0.05) is 0 Å². The Balaban J connectivity index is 1.15. The van der Waals surface area contributed by atoms with Crippen molar-refractivity contribution >= 4 is 34.7 Å². The van der Waals surface area contributed by atoms with Crippen LogP contribution in [0.25, 0.3) is 6.08 Å². The molecule has 4 rings (SSSR count). The van der Waals surface area contributed by atoms with Crippen LogP contribution in [0, 0.1) is 12.8 Å². The summed E-state index contributed by atoms with van der Waals surface area (Å²) in [5.74, 6) is 0.594. The lowest BCUT2D eigenvalue weighted by Gasteiger charge is -2.31. The number of thiazole rings is 2. The highest BCUT2D eigenvalue weighted by atomic mass is 32.1. The number of carbonyl (C=O) groups is 1. The van der Waals surface area contributed by atoms with Crippen LogP contribution in [0.4, 0.5) is 13.2 Å². The van der Waals surface area contributed by atoms with Crippen LogP contribution >= 0.6 is 22.7 Å². The summed E-state index contributed by atoms with van der Waals surface area (Å²) in [7, 11) is 0. The fourth-order valence-corrected chi connectivity index (χ4v) is 6.33. The Hall–Kier alpha value is -1.78. The van der Waals surface area contributed by atoms with E-state index in [2.05, 4.69) is 20.2 Å². The van der Waals surface area contributed by atoms with Gasteiger partial charge in [0.05, 0.1) is 21.4 Å². The van der Waals surface area contributed by atoms with Gasteiger partial charge in [0.2, 0.25) is 5.91 Å². The van der Waals surface area contributed by atoms with Gasteiger partial charge in [-0.25, -0.2) is 9.97 Å². The van der Waals surface area contributed by atoms with Gasteiger partial charge in [0, 0.05) is 48.3 Å². The Morgan fingerprint density at radius 1 is 1.26 bits per heavy atom. The zero-order valence-corrected chi connectivity index (χ0v) is 21.0. The van der Waals surface area contributed by atoms with Crippen molar-refractivity contribution in [2.24, 2.45) is 5.92 Å². The number of hydrogen-bond donors (Lipinski definition) is 1. The van der Waals surface area contributed by atoms with E-state index in [-0.39, 0.29) is 18.4 Å². The molecule has 1 aliphatic carbocycles. The van der Waals surface area contributed by atoms with Crippen LogP contribution in [-0.2, 0) is 24.2 Å². The number of aryl methyl sites for hydroxylation is 2. The minimum atomic E-state index is -4.13. The molecule has 1 amide bonds. The number of nitrogens with zero attached hydrogens (tertiary/aromatic N) is 3. The van der Waals surface area contributed by atoms with E-state index in [1.54, 1.807) is 23.5 Å². The fourth-order valence-electron chi connectivity index (χ4n) is 4.68. The topological polar surface area (TPSA) is 58.1 Å². The normalized spacial score (nSPS) is 21.6. The highest BCUT2D eigenvalue weighted by molar-refractivity contribution is 7.11. The first-order valence-electron chi connectivity index (χ1n) is 11.9. The SMILES string of the molecule is Cc1nc(/C=C/C(=O)NC2CCC(CCN3CCc4sc(CCC(F)(F)F)nc4C3)CC2)cs1. The van der Waals surface area contributed by atoms with Crippen molar-refractivity contribution in [3.8, 4) is 0 Å². The molecule has 1 saturated carbocycles. The number of halogens is 3. The first-order valence-corrected chi connectivity index (χ1v) is 13.6. The highest BCUT2D eigenvalue weighted by Gasteiger charge is 2.29. The molecule has 34 heavy (non-hydrogen) atoms. The monoisotopic (exact) mass is 512 g/mol. The van der Waals surface area contributed by atoms with E-state index in [1.807, 2.05) is 12.3 Å². The summed E-state index contributed by atoms with van der Waals surface area (Å²) >= 11 is 3.02. The van der Waals surface area contributed by atoms with E-state index in [0.29, 0.717) is 10.9 Å². The minimum Gasteiger partial charge on any atom is -0.350 e. The number of alkyl halides is 3. The lowest BCUT2D eigenvalue weighted by Crippen LogP contribution is -2.37. The van der Waals surface area contributed by atoms with Gasteiger partial charge in [-0.3, -0.25) is 9.69 Å². The fraction of sp³-hybridized carbons (Fsp3) is 0.625. The molecular formula is C24H31F3N4OS2. The summed E-state index contributed by atoms with van der Waals surface area (Å²) in [5.41, 5.74) is 1.79. The summed E-state index contributed by atoms with van der Waals surface area (Å²) in [6, 6.07) is 0.230. The van der Waals surface area contributed by atoms with Crippen molar-refractivity contribution < 1.29 is 18.0 Å². The molecule has 0 spiro atoms. The summed E-state index contributed by atoms with van der Waals surface area (Å²) in [6.45, 7) is 4.63. The predicted molar refractivity (Wildman–Crippen MR) is 130 cm³/mol. The van der Waals surface area contributed by atoms with Crippen LogP contribution in [0.3, 0.4) is 0 Å². The number of rotatable bonds is 8. The molecule has 0 saturated heterocycles. The summed E-state index contributed by atoms with van der Waals surface area (Å²) in [5, 5.41) is 6.65. The van der Waals surface area contributed by atoms with Crippen LogP contribution in [0.15, 0.2) is 11.5 Å². The quantitative estimate of drug-likeness (QED) is 0.472. The van der Waals surface area contributed by atoms with Crippen molar-refractivity contribution in [2.75, 3.05) is 13.1 Å². The Morgan fingerprint density at radius 3 is 2.76 bits per heavy atom. The maximum Gasteiger partial charge on any atom is 0.389 e. The third kappa shape index (κ3) is 7.61. The molecule has 10 heteroatoms.